The summed E-state index contributed by atoms with van der Waals surface area (Å²) < 4.78 is 0. The molecule has 0 unspecified atom stereocenters. The monoisotopic (exact) mass is 343 g/mol. The van der Waals surface area contributed by atoms with E-state index in [1.54, 1.807) is 6.92 Å². The standard InChI is InChI=1S/C18H25N5O2/c1-4-21(3)15-10-11-22(12-15)18(25)16-19-13(2)17(24)23(20-16)14-8-6-5-7-9-14/h5-9,13,15H,4,10-12H2,1-3H3,(H,19,20)/t13-,15+/m1/s1. The molecule has 2 heterocycles. The number of anilines is 1. The molecule has 25 heavy (non-hydrogen) atoms. The minimum atomic E-state index is -0.586. The molecular formula is C18H25N5O2. The molecule has 0 spiro atoms. The number of hydrogen-bond donors (Lipinski definition) is 1. The molecule has 1 saturated heterocycles. The second-order valence-electron chi connectivity index (χ2n) is 6.54. The van der Waals surface area contributed by atoms with E-state index in [-0.39, 0.29) is 17.6 Å². The van der Waals surface area contributed by atoms with E-state index in [0.29, 0.717) is 24.8 Å². The van der Waals surface area contributed by atoms with E-state index in [9.17, 15) is 9.59 Å². The van der Waals surface area contributed by atoms with Gasteiger partial charge in [0.05, 0.1) is 5.69 Å². The number of amidine groups is 1. The lowest BCUT2D eigenvalue weighted by atomic mass is 10.2. The number of para-hydroxylation sites is 1. The first-order chi connectivity index (χ1) is 12.0. The van der Waals surface area contributed by atoms with Gasteiger partial charge in [-0.3, -0.25) is 15.0 Å². The van der Waals surface area contributed by atoms with Crippen molar-refractivity contribution in [1.82, 2.24) is 15.2 Å². The van der Waals surface area contributed by atoms with Crippen LogP contribution in [0.25, 0.3) is 0 Å². The Balaban J connectivity index is 1.75. The fourth-order valence-electron chi connectivity index (χ4n) is 3.19. The van der Waals surface area contributed by atoms with Crippen LogP contribution < -0.4 is 10.4 Å². The predicted molar refractivity (Wildman–Crippen MR) is 97.2 cm³/mol. The lowest BCUT2D eigenvalue weighted by molar-refractivity contribution is -0.124. The molecular weight excluding hydrogens is 318 g/mol. The Labute approximate surface area is 148 Å². The topological polar surface area (TPSA) is 68.2 Å². The number of carbonyl (C=O) groups excluding carboxylic acids is 2. The van der Waals surface area contributed by atoms with Crippen molar-refractivity contribution in [2.24, 2.45) is 4.99 Å². The number of nitrogens with one attached hydrogen (secondary N) is 1. The summed E-state index contributed by atoms with van der Waals surface area (Å²) in [6.07, 6.45) is 0.959. The van der Waals surface area contributed by atoms with E-state index in [1.807, 2.05) is 35.2 Å². The Hall–Kier alpha value is -2.41. The van der Waals surface area contributed by atoms with Crippen molar-refractivity contribution in [2.45, 2.75) is 32.4 Å². The Morgan fingerprint density at radius 2 is 2.08 bits per heavy atom. The molecule has 1 aromatic carbocycles. The molecule has 2 amide bonds. The van der Waals surface area contributed by atoms with Gasteiger partial charge in [-0.2, -0.15) is 0 Å². The summed E-state index contributed by atoms with van der Waals surface area (Å²) in [5, 5.41) is 1.41. The molecule has 7 nitrogen and oxygen atoms in total. The lowest BCUT2D eigenvalue weighted by Crippen LogP contribution is -2.58. The van der Waals surface area contributed by atoms with E-state index >= 15 is 0 Å². The second kappa shape index (κ2) is 7.23. The van der Waals surface area contributed by atoms with E-state index in [0.717, 1.165) is 13.0 Å². The maximum atomic E-state index is 12.9. The highest BCUT2D eigenvalue weighted by molar-refractivity contribution is 6.39. The lowest BCUT2D eigenvalue weighted by Gasteiger charge is -2.32. The number of hydrogen-bond acceptors (Lipinski definition) is 5. The fraction of sp³-hybridized carbons (Fsp3) is 0.500. The molecule has 0 radical (unpaired) electrons. The first-order valence-electron chi connectivity index (χ1n) is 8.74. The number of aliphatic imine (C=N–C) groups is 1. The number of likely N-dealkylation sites (tertiary alicyclic amines) is 1. The molecule has 1 fully saturated rings. The molecule has 2 aliphatic heterocycles. The van der Waals surface area contributed by atoms with Crippen molar-refractivity contribution in [1.29, 1.82) is 0 Å². The van der Waals surface area contributed by atoms with Crippen molar-refractivity contribution < 1.29 is 9.59 Å². The highest BCUT2D eigenvalue weighted by Gasteiger charge is 2.35. The van der Waals surface area contributed by atoms with Gasteiger partial charge in [-0.1, -0.05) is 25.1 Å². The number of rotatable bonds is 4. The third-order valence-corrected chi connectivity index (χ3v) is 4.91. The van der Waals surface area contributed by atoms with Crippen LogP contribution in [0.4, 0.5) is 5.69 Å². The average molecular weight is 343 g/mol. The third kappa shape index (κ3) is 3.51. The Morgan fingerprint density at radius 3 is 2.76 bits per heavy atom. The van der Waals surface area contributed by atoms with Gasteiger partial charge in [0.15, 0.2) is 0 Å². The van der Waals surface area contributed by atoms with Crippen molar-refractivity contribution >= 4 is 23.3 Å². The quantitative estimate of drug-likeness (QED) is 0.881. The van der Waals surface area contributed by atoms with Crippen LogP contribution in [-0.2, 0) is 9.59 Å². The molecule has 0 saturated carbocycles. The normalized spacial score (nSPS) is 23.7. The van der Waals surface area contributed by atoms with Crippen molar-refractivity contribution in [3.05, 3.63) is 30.3 Å². The highest BCUT2D eigenvalue weighted by atomic mass is 16.2. The maximum Gasteiger partial charge on any atom is 0.290 e. The second-order valence-corrected chi connectivity index (χ2v) is 6.54. The van der Waals surface area contributed by atoms with Gasteiger partial charge in [-0.25, -0.2) is 10.0 Å². The van der Waals surface area contributed by atoms with Crippen LogP contribution in [0.5, 0.6) is 0 Å². The molecule has 0 bridgehead atoms. The smallest absolute Gasteiger partial charge is 0.290 e. The summed E-state index contributed by atoms with van der Waals surface area (Å²) in [5.74, 6) is -0.0872. The summed E-state index contributed by atoms with van der Waals surface area (Å²) in [6.45, 7) is 6.19. The minimum absolute atomic E-state index is 0.146. The Bertz CT molecular complexity index is 675. The predicted octanol–water partition coefficient (Wildman–Crippen LogP) is 0.877. The first kappa shape index (κ1) is 17.4. The molecule has 1 aromatic rings. The van der Waals surface area contributed by atoms with Gasteiger partial charge in [-0.15, -0.1) is 0 Å². The Kier molecular flexibility index (Phi) is 5.03. The fourth-order valence-corrected chi connectivity index (χ4v) is 3.19. The molecule has 2 atom stereocenters. The average Bonchev–Trinajstić information content (AvgIpc) is 3.13. The zero-order chi connectivity index (χ0) is 18.0. The summed E-state index contributed by atoms with van der Waals surface area (Å²) in [7, 11) is 2.08. The molecule has 2 aliphatic rings. The van der Waals surface area contributed by atoms with Crippen molar-refractivity contribution in [3.63, 3.8) is 0 Å². The third-order valence-electron chi connectivity index (χ3n) is 4.91. The van der Waals surface area contributed by atoms with E-state index in [1.165, 1.54) is 5.01 Å². The van der Waals surface area contributed by atoms with E-state index in [2.05, 4.69) is 29.3 Å². The number of likely N-dealkylation sites (N-methyl/N-ethyl adjacent to an activating group) is 1. The molecule has 0 aliphatic carbocycles. The molecule has 7 heteroatoms. The van der Waals surface area contributed by atoms with Crippen LogP contribution >= 0.6 is 0 Å². The summed E-state index contributed by atoms with van der Waals surface area (Å²) in [5.41, 5.74) is 3.61. The van der Waals surface area contributed by atoms with Gasteiger partial charge < -0.3 is 9.80 Å². The molecule has 1 N–H and O–H groups in total. The van der Waals surface area contributed by atoms with Crippen molar-refractivity contribution in [3.8, 4) is 0 Å². The van der Waals surface area contributed by atoms with Crippen LogP contribution in [0.2, 0.25) is 0 Å². The van der Waals surface area contributed by atoms with Crippen LogP contribution in [0.3, 0.4) is 0 Å². The van der Waals surface area contributed by atoms with Gasteiger partial charge in [0.1, 0.15) is 6.04 Å². The molecule has 134 valence electrons. The van der Waals surface area contributed by atoms with Crippen molar-refractivity contribution in [2.75, 3.05) is 31.7 Å². The van der Waals surface area contributed by atoms with Gasteiger partial charge in [-0.05, 0) is 39.1 Å². The van der Waals surface area contributed by atoms with Crippen LogP contribution in [-0.4, -0.2) is 66.2 Å². The minimum Gasteiger partial charge on any atom is -0.334 e. The zero-order valence-electron chi connectivity index (χ0n) is 15.0. The summed E-state index contributed by atoms with van der Waals surface area (Å²) in [4.78, 5) is 33.6. The first-order valence-corrected chi connectivity index (χ1v) is 8.74. The number of amides is 2. The number of carbonyl (C=O) groups is 2. The van der Waals surface area contributed by atoms with E-state index in [4.69, 9.17) is 0 Å². The maximum absolute atomic E-state index is 12.9. The van der Waals surface area contributed by atoms with Gasteiger partial charge in [0.2, 0.25) is 5.84 Å². The number of hydrazine groups is 1. The van der Waals surface area contributed by atoms with Gasteiger partial charge in [0, 0.05) is 19.1 Å². The number of benzene rings is 1. The van der Waals surface area contributed by atoms with E-state index < -0.39 is 6.04 Å². The van der Waals surface area contributed by atoms with Crippen LogP contribution in [0.15, 0.2) is 35.3 Å². The van der Waals surface area contributed by atoms with Gasteiger partial charge >= 0.3 is 0 Å². The van der Waals surface area contributed by atoms with Crippen LogP contribution in [0.1, 0.15) is 20.3 Å². The highest BCUT2D eigenvalue weighted by Crippen LogP contribution is 2.18. The largest absolute Gasteiger partial charge is 0.334 e. The Morgan fingerprint density at radius 1 is 1.36 bits per heavy atom. The zero-order valence-corrected chi connectivity index (χ0v) is 15.0. The molecule has 3 rings (SSSR count). The summed E-state index contributed by atoms with van der Waals surface area (Å²) >= 11 is 0. The van der Waals surface area contributed by atoms with Gasteiger partial charge in [0.25, 0.3) is 11.8 Å². The number of nitrogens with zero attached hydrogens (tertiary/aromatic N) is 4. The summed E-state index contributed by atoms with van der Waals surface area (Å²) in [6, 6.07) is 9.04. The molecule has 0 aromatic heterocycles. The SMILES string of the molecule is CCN(C)[C@H]1CCN(C(=O)C2=N[C@H](C)C(=O)N(c3ccccc3)N2)C1. The van der Waals surface area contributed by atoms with Crippen LogP contribution in [0, 0.1) is 0 Å².